The Bertz CT molecular complexity index is 808. The molecule has 0 spiro atoms. The van der Waals surface area contributed by atoms with Gasteiger partial charge in [-0.25, -0.2) is 13.2 Å². The molecule has 2 rings (SSSR count). The second kappa shape index (κ2) is 5.84. The number of hydrogen-bond donors (Lipinski definition) is 0. The van der Waals surface area contributed by atoms with Crippen LogP contribution in [0, 0.1) is 29.1 Å². The van der Waals surface area contributed by atoms with Gasteiger partial charge in [0, 0.05) is 4.47 Å². The highest BCUT2D eigenvalue weighted by Gasteiger charge is 2.30. The highest BCUT2D eigenvalue weighted by molar-refractivity contribution is 9.10. The maximum atomic E-state index is 13.4. The average molecular weight is 403 g/mol. The molecule has 3 nitrogen and oxygen atoms in total. The van der Waals surface area contributed by atoms with E-state index in [-0.39, 0.29) is 0 Å². The van der Waals surface area contributed by atoms with Crippen LogP contribution in [0.4, 0.5) is 22.0 Å². The molecule has 22 heavy (non-hydrogen) atoms. The van der Waals surface area contributed by atoms with Gasteiger partial charge in [0.1, 0.15) is 4.90 Å². The van der Waals surface area contributed by atoms with Gasteiger partial charge < -0.3 is 4.18 Å². The fourth-order valence-electron chi connectivity index (χ4n) is 1.42. The van der Waals surface area contributed by atoms with Crippen molar-refractivity contribution in [1.82, 2.24) is 0 Å². The molecule has 2 aromatic carbocycles. The van der Waals surface area contributed by atoms with E-state index < -0.39 is 49.8 Å². The molecular weight excluding hydrogens is 399 g/mol. The van der Waals surface area contributed by atoms with Crippen molar-refractivity contribution in [1.29, 1.82) is 0 Å². The van der Waals surface area contributed by atoms with Crippen LogP contribution in [0.5, 0.6) is 5.75 Å². The predicted octanol–water partition coefficient (Wildman–Crippen LogP) is 3.91. The fraction of sp³-hybridized carbons (Fsp3) is 0. The molecule has 0 radical (unpaired) electrons. The summed E-state index contributed by atoms with van der Waals surface area (Å²) in [6.45, 7) is 0. The van der Waals surface area contributed by atoms with Crippen LogP contribution < -0.4 is 4.18 Å². The zero-order valence-corrected chi connectivity index (χ0v) is 12.6. The second-order valence-corrected chi connectivity index (χ2v) is 6.35. The minimum absolute atomic E-state index is 0.502. The van der Waals surface area contributed by atoms with Gasteiger partial charge in [0.15, 0.2) is 0 Å². The summed E-state index contributed by atoms with van der Waals surface area (Å²) in [6, 6.07) is 4.61. The molecule has 10 heteroatoms. The molecule has 0 unspecified atom stereocenters. The van der Waals surface area contributed by atoms with E-state index in [0.29, 0.717) is 4.47 Å². The molecule has 0 amide bonds. The largest absolute Gasteiger partial charge is 0.372 e. The smallest absolute Gasteiger partial charge is 0.339 e. The normalized spacial score (nSPS) is 11.5. The van der Waals surface area contributed by atoms with Gasteiger partial charge in [-0.2, -0.15) is 17.2 Å². The number of halogens is 6. The molecule has 0 fully saturated rings. The molecule has 0 aliphatic rings. The van der Waals surface area contributed by atoms with Crippen LogP contribution in [0.3, 0.4) is 0 Å². The Morgan fingerprint density at radius 3 is 1.64 bits per heavy atom. The lowest BCUT2D eigenvalue weighted by Crippen LogP contribution is -2.14. The summed E-state index contributed by atoms with van der Waals surface area (Å²) >= 11 is 3.03. The summed E-state index contributed by atoms with van der Waals surface area (Å²) in [5, 5.41) is 0. The van der Waals surface area contributed by atoms with Crippen LogP contribution in [-0.2, 0) is 10.1 Å². The van der Waals surface area contributed by atoms with E-state index in [4.69, 9.17) is 0 Å². The van der Waals surface area contributed by atoms with Gasteiger partial charge in [0.2, 0.25) is 34.8 Å². The number of benzene rings is 2. The van der Waals surface area contributed by atoms with Crippen LogP contribution in [0.2, 0.25) is 0 Å². The van der Waals surface area contributed by atoms with E-state index >= 15 is 0 Å². The molecule has 0 bridgehead atoms. The van der Waals surface area contributed by atoms with E-state index in [1.54, 1.807) is 0 Å². The lowest BCUT2D eigenvalue weighted by atomic mass is 10.3. The third-order valence-corrected chi connectivity index (χ3v) is 4.23. The Labute approximate surface area is 129 Å². The minimum Gasteiger partial charge on any atom is -0.372 e. The van der Waals surface area contributed by atoms with Gasteiger partial charge >= 0.3 is 10.1 Å². The second-order valence-electron chi connectivity index (χ2n) is 3.89. The standard InChI is InChI=1S/C12H4BrF5O3S/c13-5-1-3-6(4-2-5)22(19,20)21-12-10(17)8(15)7(14)9(16)11(12)18/h1-4H. The van der Waals surface area contributed by atoms with Crippen LogP contribution >= 0.6 is 15.9 Å². The average Bonchev–Trinajstić information content (AvgIpc) is 2.48. The summed E-state index contributed by atoms with van der Waals surface area (Å²) in [7, 11) is -4.78. The van der Waals surface area contributed by atoms with Crippen LogP contribution in [0.1, 0.15) is 0 Å². The molecule has 0 atom stereocenters. The SMILES string of the molecule is O=S(=O)(Oc1c(F)c(F)c(F)c(F)c1F)c1ccc(Br)cc1. The Kier molecular flexibility index (Phi) is 4.43. The first kappa shape index (κ1) is 16.7. The van der Waals surface area contributed by atoms with Crippen LogP contribution in [0.25, 0.3) is 0 Å². The van der Waals surface area contributed by atoms with Gasteiger partial charge in [-0.05, 0) is 24.3 Å². The molecule has 0 saturated heterocycles. The molecule has 0 saturated carbocycles. The summed E-state index contributed by atoms with van der Waals surface area (Å²) in [5.41, 5.74) is 0. The Balaban J connectivity index is 2.53. The van der Waals surface area contributed by atoms with Gasteiger partial charge in [-0.15, -0.1) is 0 Å². The van der Waals surface area contributed by atoms with E-state index in [9.17, 15) is 30.4 Å². The maximum Gasteiger partial charge on any atom is 0.339 e. The molecule has 0 aliphatic heterocycles. The molecule has 0 aromatic heterocycles. The van der Waals surface area contributed by atoms with E-state index in [0.717, 1.165) is 12.1 Å². The Hall–Kier alpha value is -1.68. The molecular formula is C12H4BrF5O3S. The molecule has 0 aliphatic carbocycles. The third-order valence-electron chi connectivity index (χ3n) is 2.46. The fourth-order valence-corrected chi connectivity index (χ4v) is 2.61. The first-order valence-electron chi connectivity index (χ1n) is 5.36. The highest BCUT2D eigenvalue weighted by Crippen LogP contribution is 2.31. The lowest BCUT2D eigenvalue weighted by molar-refractivity contribution is 0.346. The van der Waals surface area contributed by atoms with Gasteiger partial charge in [-0.1, -0.05) is 15.9 Å². The highest BCUT2D eigenvalue weighted by atomic mass is 79.9. The van der Waals surface area contributed by atoms with Crippen molar-refractivity contribution in [2.75, 3.05) is 0 Å². The molecule has 0 N–H and O–H groups in total. The first-order chi connectivity index (χ1) is 10.1. The summed E-state index contributed by atoms with van der Waals surface area (Å²) in [6.07, 6.45) is 0. The quantitative estimate of drug-likeness (QED) is 0.338. The lowest BCUT2D eigenvalue weighted by Gasteiger charge is -2.10. The van der Waals surface area contributed by atoms with Gasteiger partial charge in [-0.3, -0.25) is 0 Å². The van der Waals surface area contributed by atoms with Gasteiger partial charge in [0.05, 0.1) is 0 Å². The molecule has 118 valence electrons. The van der Waals surface area contributed by atoms with Crippen molar-refractivity contribution in [3.63, 3.8) is 0 Å². The monoisotopic (exact) mass is 402 g/mol. The van der Waals surface area contributed by atoms with Crippen molar-refractivity contribution in [2.45, 2.75) is 4.90 Å². The molecule has 2 aromatic rings. The number of hydrogen-bond acceptors (Lipinski definition) is 3. The molecule has 0 heterocycles. The summed E-state index contributed by atoms with van der Waals surface area (Å²) in [5.74, 6) is -13.7. The maximum absolute atomic E-state index is 13.4. The third kappa shape index (κ3) is 2.93. The minimum atomic E-state index is -4.78. The summed E-state index contributed by atoms with van der Waals surface area (Å²) in [4.78, 5) is -0.528. The summed E-state index contributed by atoms with van der Waals surface area (Å²) < 4.78 is 93.8. The zero-order chi connectivity index (χ0) is 16.7. The van der Waals surface area contributed by atoms with Gasteiger partial charge in [0.25, 0.3) is 0 Å². The Morgan fingerprint density at radius 2 is 1.18 bits per heavy atom. The van der Waals surface area contributed by atoms with Crippen LogP contribution in [0.15, 0.2) is 33.6 Å². The van der Waals surface area contributed by atoms with Crippen molar-refractivity contribution < 1.29 is 34.6 Å². The van der Waals surface area contributed by atoms with E-state index in [1.807, 2.05) is 0 Å². The van der Waals surface area contributed by atoms with Crippen LogP contribution in [-0.4, -0.2) is 8.42 Å². The predicted molar refractivity (Wildman–Crippen MR) is 68.2 cm³/mol. The van der Waals surface area contributed by atoms with Crippen molar-refractivity contribution >= 4 is 26.0 Å². The Morgan fingerprint density at radius 1 is 0.773 bits per heavy atom. The van der Waals surface area contributed by atoms with E-state index in [1.165, 1.54) is 12.1 Å². The van der Waals surface area contributed by atoms with Crippen molar-refractivity contribution in [2.24, 2.45) is 0 Å². The number of rotatable bonds is 3. The van der Waals surface area contributed by atoms with Crippen molar-refractivity contribution in [3.05, 3.63) is 57.8 Å². The first-order valence-corrected chi connectivity index (χ1v) is 7.56. The topological polar surface area (TPSA) is 43.4 Å². The van der Waals surface area contributed by atoms with E-state index in [2.05, 4.69) is 20.1 Å². The van der Waals surface area contributed by atoms with Crippen molar-refractivity contribution in [3.8, 4) is 5.75 Å². The zero-order valence-electron chi connectivity index (χ0n) is 10.2.